The lowest BCUT2D eigenvalue weighted by Crippen LogP contribution is -2.26. The minimum absolute atomic E-state index is 0.134. The fourth-order valence-corrected chi connectivity index (χ4v) is 2.70. The molecule has 0 radical (unpaired) electrons. The molecule has 0 bridgehead atoms. The topological polar surface area (TPSA) is 82.3 Å². The van der Waals surface area contributed by atoms with E-state index in [0.29, 0.717) is 23.5 Å². The molecule has 0 aliphatic rings. The Balaban J connectivity index is 1.38. The van der Waals surface area contributed by atoms with Gasteiger partial charge in [-0.3, -0.25) is 4.79 Å². The van der Waals surface area contributed by atoms with Crippen LogP contribution in [0.4, 0.5) is 21.9 Å². The van der Waals surface area contributed by atoms with Gasteiger partial charge in [0, 0.05) is 35.7 Å². The monoisotopic (exact) mass is 388 g/mol. The lowest BCUT2D eigenvalue weighted by Gasteiger charge is -2.09. The van der Waals surface area contributed by atoms with Crippen LogP contribution in [0.25, 0.3) is 0 Å². The maximum absolute atomic E-state index is 12.2. The number of hydrogen-bond donors (Lipinski definition) is 4. The van der Waals surface area contributed by atoms with Gasteiger partial charge in [0.2, 0.25) is 0 Å². The Morgan fingerprint density at radius 3 is 1.79 bits per heavy atom. The summed E-state index contributed by atoms with van der Waals surface area (Å²) in [6, 6.07) is 25.6. The van der Waals surface area contributed by atoms with Crippen molar-refractivity contribution in [3.05, 3.63) is 90.5 Å². The van der Waals surface area contributed by atoms with Crippen LogP contribution < -0.4 is 21.3 Å². The van der Waals surface area contributed by atoms with E-state index < -0.39 is 0 Å². The zero-order chi connectivity index (χ0) is 20.3. The van der Waals surface area contributed by atoms with Crippen molar-refractivity contribution >= 4 is 29.0 Å². The van der Waals surface area contributed by atoms with E-state index in [2.05, 4.69) is 21.3 Å². The molecular formula is C23H24N4O2. The standard InChI is InChI=1S/C23H24N4O2/c28-22(25-17-7-16-24-19-8-3-1-4-9-19)18-12-14-21(15-13-18)27-23(29)26-20-10-5-2-6-11-20/h1-6,8-15,24H,7,16-17H2,(H,25,28)(H2,26,27,29). The maximum Gasteiger partial charge on any atom is 0.323 e. The van der Waals surface area contributed by atoms with Gasteiger partial charge in [0.15, 0.2) is 0 Å². The smallest absolute Gasteiger partial charge is 0.323 e. The number of nitrogens with one attached hydrogen (secondary N) is 4. The third-order valence-corrected chi connectivity index (χ3v) is 4.18. The van der Waals surface area contributed by atoms with Crippen molar-refractivity contribution in [2.24, 2.45) is 0 Å². The lowest BCUT2D eigenvalue weighted by molar-refractivity contribution is 0.0953. The van der Waals surface area contributed by atoms with Crippen molar-refractivity contribution in [2.45, 2.75) is 6.42 Å². The highest BCUT2D eigenvalue weighted by atomic mass is 16.2. The lowest BCUT2D eigenvalue weighted by atomic mass is 10.2. The van der Waals surface area contributed by atoms with Crippen LogP contribution in [-0.2, 0) is 0 Å². The van der Waals surface area contributed by atoms with Gasteiger partial charge in [-0.15, -0.1) is 0 Å². The Hall–Kier alpha value is -3.80. The zero-order valence-corrected chi connectivity index (χ0v) is 16.0. The van der Waals surface area contributed by atoms with E-state index >= 15 is 0 Å². The molecule has 3 amide bonds. The van der Waals surface area contributed by atoms with Gasteiger partial charge in [0.1, 0.15) is 0 Å². The molecule has 3 rings (SSSR count). The molecular weight excluding hydrogens is 364 g/mol. The number of anilines is 3. The molecule has 0 saturated carbocycles. The highest BCUT2D eigenvalue weighted by molar-refractivity contribution is 6.00. The summed E-state index contributed by atoms with van der Waals surface area (Å²) in [7, 11) is 0. The molecule has 3 aromatic rings. The van der Waals surface area contributed by atoms with Gasteiger partial charge in [0.25, 0.3) is 5.91 Å². The van der Waals surface area contributed by atoms with E-state index in [9.17, 15) is 9.59 Å². The Labute approximate surface area is 170 Å². The summed E-state index contributed by atoms with van der Waals surface area (Å²) in [5, 5.41) is 11.7. The van der Waals surface area contributed by atoms with Crippen molar-refractivity contribution in [1.29, 1.82) is 0 Å². The van der Waals surface area contributed by atoms with Crippen molar-refractivity contribution in [2.75, 3.05) is 29.0 Å². The molecule has 0 unspecified atom stereocenters. The third kappa shape index (κ3) is 6.70. The minimum Gasteiger partial charge on any atom is -0.385 e. The molecule has 0 aliphatic carbocycles. The van der Waals surface area contributed by atoms with Crippen molar-refractivity contribution in [1.82, 2.24) is 5.32 Å². The highest BCUT2D eigenvalue weighted by Gasteiger charge is 2.06. The summed E-state index contributed by atoms with van der Waals surface area (Å²) in [6.45, 7) is 1.36. The SMILES string of the molecule is O=C(Nc1ccccc1)Nc1ccc(C(=O)NCCCNc2ccccc2)cc1. The number of carbonyl (C=O) groups is 2. The maximum atomic E-state index is 12.2. The van der Waals surface area contributed by atoms with Crippen molar-refractivity contribution < 1.29 is 9.59 Å². The van der Waals surface area contributed by atoms with Gasteiger partial charge in [-0.25, -0.2) is 4.79 Å². The minimum atomic E-state index is -0.334. The largest absolute Gasteiger partial charge is 0.385 e. The average molecular weight is 388 g/mol. The van der Waals surface area contributed by atoms with Crippen LogP contribution >= 0.6 is 0 Å². The second-order valence-electron chi connectivity index (χ2n) is 6.42. The van der Waals surface area contributed by atoms with Gasteiger partial charge in [0.05, 0.1) is 0 Å². The number of urea groups is 1. The molecule has 0 atom stereocenters. The van der Waals surface area contributed by atoms with Crippen LogP contribution in [0.2, 0.25) is 0 Å². The molecule has 148 valence electrons. The van der Waals surface area contributed by atoms with Crippen LogP contribution in [0, 0.1) is 0 Å². The summed E-state index contributed by atoms with van der Waals surface area (Å²) in [5.74, 6) is -0.134. The quantitative estimate of drug-likeness (QED) is 0.427. The van der Waals surface area contributed by atoms with Crippen LogP contribution in [0.3, 0.4) is 0 Å². The van der Waals surface area contributed by atoms with Gasteiger partial charge in [-0.1, -0.05) is 36.4 Å². The van der Waals surface area contributed by atoms with E-state index in [-0.39, 0.29) is 11.9 Å². The van der Waals surface area contributed by atoms with Crippen LogP contribution in [0.5, 0.6) is 0 Å². The van der Waals surface area contributed by atoms with Gasteiger partial charge in [-0.2, -0.15) is 0 Å². The normalized spacial score (nSPS) is 10.1. The van der Waals surface area contributed by atoms with Crippen LogP contribution in [0.15, 0.2) is 84.9 Å². The predicted molar refractivity (Wildman–Crippen MR) is 117 cm³/mol. The molecule has 0 fully saturated rings. The van der Waals surface area contributed by atoms with Gasteiger partial charge in [-0.05, 0) is 55.0 Å². The summed E-state index contributed by atoms with van der Waals surface area (Å²) in [5.41, 5.74) is 2.94. The Morgan fingerprint density at radius 1 is 0.621 bits per heavy atom. The van der Waals surface area contributed by atoms with Crippen LogP contribution in [-0.4, -0.2) is 25.0 Å². The molecule has 6 heteroatoms. The van der Waals surface area contributed by atoms with Gasteiger partial charge < -0.3 is 21.3 Å². The zero-order valence-electron chi connectivity index (χ0n) is 16.0. The first-order chi connectivity index (χ1) is 14.2. The fourth-order valence-electron chi connectivity index (χ4n) is 2.70. The Morgan fingerprint density at radius 2 is 1.17 bits per heavy atom. The number of para-hydroxylation sites is 2. The average Bonchev–Trinajstić information content (AvgIpc) is 2.75. The molecule has 6 nitrogen and oxygen atoms in total. The van der Waals surface area contributed by atoms with E-state index in [0.717, 1.165) is 18.7 Å². The second kappa shape index (κ2) is 10.5. The first-order valence-corrected chi connectivity index (χ1v) is 9.51. The first kappa shape index (κ1) is 19.9. The predicted octanol–water partition coefficient (Wildman–Crippen LogP) is 4.56. The number of benzene rings is 3. The molecule has 4 N–H and O–H groups in total. The summed E-state index contributed by atoms with van der Waals surface area (Å²) >= 11 is 0. The van der Waals surface area contributed by atoms with Gasteiger partial charge >= 0.3 is 6.03 Å². The van der Waals surface area contributed by atoms with Crippen molar-refractivity contribution in [3.8, 4) is 0 Å². The summed E-state index contributed by atoms with van der Waals surface area (Å²) in [4.78, 5) is 24.2. The fraction of sp³-hybridized carbons (Fsp3) is 0.130. The molecule has 0 aromatic heterocycles. The second-order valence-corrected chi connectivity index (χ2v) is 6.42. The van der Waals surface area contributed by atoms with E-state index in [4.69, 9.17) is 0 Å². The van der Waals surface area contributed by atoms with E-state index in [1.54, 1.807) is 24.3 Å². The summed E-state index contributed by atoms with van der Waals surface area (Å²) in [6.07, 6.45) is 0.819. The Bertz CT molecular complexity index is 913. The number of carbonyl (C=O) groups excluding carboxylic acids is 2. The van der Waals surface area contributed by atoms with Crippen molar-refractivity contribution in [3.63, 3.8) is 0 Å². The molecule has 29 heavy (non-hydrogen) atoms. The molecule has 0 heterocycles. The molecule has 0 saturated heterocycles. The number of rotatable bonds is 8. The molecule has 3 aromatic carbocycles. The van der Waals surface area contributed by atoms with E-state index in [1.165, 1.54) is 0 Å². The Kier molecular flexibility index (Phi) is 7.23. The number of hydrogen-bond acceptors (Lipinski definition) is 3. The van der Waals surface area contributed by atoms with E-state index in [1.807, 2.05) is 60.7 Å². The first-order valence-electron chi connectivity index (χ1n) is 9.51. The van der Waals surface area contributed by atoms with Crippen LogP contribution in [0.1, 0.15) is 16.8 Å². The number of amides is 3. The molecule has 0 aliphatic heterocycles. The highest BCUT2D eigenvalue weighted by Crippen LogP contribution is 2.11. The molecule has 0 spiro atoms. The summed E-state index contributed by atoms with van der Waals surface area (Å²) < 4.78 is 0. The third-order valence-electron chi connectivity index (χ3n) is 4.18.